The van der Waals surface area contributed by atoms with Crippen LogP contribution in [0.25, 0.3) is 0 Å². The lowest BCUT2D eigenvalue weighted by Gasteiger charge is -2.20. The highest BCUT2D eigenvalue weighted by atomic mass is 16.5. The van der Waals surface area contributed by atoms with Gasteiger partial charge in [0.15, 0.2) is 0 Å². The molecule has 2 fully saturated rings. The fourth-order valence-corrected chi connectivity index (χ4v) is 2.87. The molecule has 2 rings (SSSR count). The van der Waals surface area contributed by atoms with Gasteiger partial charge >= 0.3 is 5.97 Å². The summed E-state index contributed by atoms with van der Waals surface area (Å²) in [5.41, 5.74) is 0.935. The number of hydrogen-bond donors (Lipinski definition) is 1. The number of hydrogen-bond acceptors (Lipinski definition) is 4. The minimum Gasteiger partial charge on any atom is -0.462 e. The summed E-state index contributed by atoms with van der Waals surface area (Å²) in [5.74, 6) is -0.208. The first kappa shape index (κ1) is 12.6. The summed E-state index contributed by atoms with van der Waals surface area (Å²) in [7, 11) is 0. The van der Waals surface area contributed by atoms with Crippen molar-refractivity contribution in [3.05, 3.63) is 11.6 Å². The number of carbonyl (C=O) groups excluding carboxylic acids is 1. The number of fused-ring (bicyclic) bond motifs is 1. The molecule has 2 heterocycles. The molecular formula is C13H21NO3. The van der Waals surface area contributed by atoms with Gasteiger partial charge in [0.1, 0.15) is 0 Å². The molecule has 0 amide bonds. The summed E-state index contributed by atoms with van der Waals surface area (Å²) in [6.07, 6.45) is 3.45. The van der Waals surface area contributed by atoms with E-state index in [1.807, 2.05) is 13.8 Å². The molecule has 0 radical (unpaired) electrons. The van der Waals surface area contributed by atoms with E-state index in [-0.39, 0.29) is 18.0 Å². The third kappa shape index (κ3) is 2.87. The van der Waals surface area contributed by atoms with Crippen molar-refractivity contribution in [2.24, 2.45) is 5.92 Å². The smallest absolute Gasteiger partial charge is 0.330 e. The van der Waals surface area contributed by atoms with Gasteiger partial charge in [0.2, 0.25) is 0 Å². The molecule has 3 unspecified atom stereocenters. The Morgan fingerprint density at radius 3 is 3.00 bits per heavy atom. The van der Waals surface area contributed by atoms with E-state index in [1.54, 1.807) is 0 Å². The van der Waals surface area contributed by atoms with Gasteiger partial charge in [-0.25, -0.2) is 4.79 Å². The van der Waals surface area contributed by atoms with Gasteiger partial charge in [-0.15, -0.1) is 0 Å². The number of allylic oxidation sites excluding steroid dienone is 1. The zero-order valence-electron chi connectivity index (χ0n) is 10.6. The molecule has 4 heteroatoms. The molecule has 0 aromatic heterocycles. The van der Waals surface area contributed by atoms with E-state index < -0.39 is 0 Å². The predicted octanol–water partition coefficient (Wildman–Crippen LogP) is 0.951. The van der Waals surface area contributed by atoms with Crippen molar-refractivity contribution in [3.8, 4) is 0 Å². The number of rotatable bonds is 3. The van der Waals surface area contributed by atoms with E-state index in [0.29, 0.717) is 12.6 Å². The first-order chi connectivity index (χ1) is 8.08. The van der Waals surface area contributed by atoms with Crippen LogP contribution < -0.4 is 0 Å². The Kier molecular flexibility index (Phi) is 3.84. The topological polar surface area (TPSA) is 49.8 Å². The van der Waals surface area contributed by atoms with Gasteiger partial charge in [0, 0.05) is 24.6 Å². The molecule has 0 aliphatic carbocycles. The Balaban J connectivity index is 1.86. The van der Waals surface area contributed by atoms with Crippen molar-refractivity contribution < 1.29 is 14.6 Å². The lowest BCUT2D eigenvalue weighted by Crippen LogP contribution is -2.30. The van der Waals surface area contributed by atoms with Crippen molar-refractivity contribution in [2.45, 2.75) is 38.8 Å². The van der Waals surface area contributed by atoms with Crippen LogP contribution in [0.4, 0.5) is 0 Å². The molecule has 0 aromatic carbocycles. The standard InChI is InChI=1S/C13H21NO3/c1-9(2)6-13(16)17-8-10-11-4-3-5-14(11)7-12(10)15/h6,10-12,15H,3-5,7-8H2,1-2H3. The van der Waals surface area contributed by atoms with Gasteiger partial charge in [-0.2, -0.15) is 0 Å². The Morgan fingerprint density at radius 1 is 1.53 bits per heavy atom. The normalized spacial score (nSPS) is 32.3. The highest BCUT2D eigenvalue weighted by molar-refractivity contribution is 5.82. The zero-order valence-corrected chi connectivity index (χ0v) is 10.6. The minimum atomic E-state index is -0.347. The molecule has 0 aromatic rings. The Bertz CT molecular complexity index is 323. The van der Waals surface area contributed by atoms with Gasteiger partial charge in [-0.1, -0.05) is 5.57 Å². The molecule has 2 saturated heterocycles. The molecule has 3 atom stereocenters. The maximum absolute atomic E-state index is 11.4. The molecule has 0 saturated carbocycles. The molecule has 4 nitrogen and oxygen atoms in total. The van der Waals surface area contributed by atoms with Crippen LogP contribution in [0.3, 0.4) is 0 Å². The molecule has 1 N–H and O–H groups in total. The largest absolute Gasteiger partial charge is 0.462 e. The molecule has 96 valence electrons. The Morgan fingerprint density at radius 2 is 2.29 bits per heavy atom. The quantitative estimate of drug-likeness (QED) is 0.588. The van der Waals surface area contributed by atoms with Gasteiger partial charge in [-0.05, 0) is 33.2 Å². The average molecular weight is 239 g/mol. The highest BCUT2D eigenvalue weighted by Crippen LogP contribution is 2.33. The summed E-state index contributed by atoms with van der Waals surface area (Å²) in [6, 6.07) is 0.407. The van der Waals surface area contributed by atoms with Crippen molar-refractivity contribution in [2.75, 3.05) is 19.7 Å². The van der Waals surface area contributed by atoms with Crippen molar-refractivity contribution in [1.29, 1.82) is 0 Å². The predicted molar refractivity (Wildman–Crippen MR) is 64.5 cm³/mol. The van der Waals surface area contributed by atoms with E-state index in [0.717, 1.165) is 25.1 Å². The van der Waals surface area contributed by atoms with Crippen LogP contribution >= 0.6 is 0 Å². The summed E-state index contributed by atoms with van der Waals surface area (Å²) in [5, 5.41) is 9.94. The van der Waals surface area contributed by atoms with Crippen LogP contribution in [0.5, 0.6) is 0 Å². The van der Waals surface area contributed by atoms with E-state index in [2.05, 4.69) is 4.90 Å². The number of aliphatic hydroxyl groups is 1. The first-order valence-electron chi connectivity index (χ1n) is 6.31. The van der Waals surface area contributed by atoms with Gasteiger partial charge in [0.05, 0.1) is 12.7 Å². The summed E-state index contributed by atoms with van der Waals surface area (Å²) < 4.78 is 5.21. The summed E-state index contributed by atoms with van der Waals surface area (Å²) in [4.78, 5) is 13.7. The monoisotopic (exact) mass is 239 g/mol. The minimum absolute atomic E-state index is 0.0898. The number of carbonyl (C=O) groups is 1. The molecular weight excluding hydrogens is 218 g/mol. The van der Waals surface area contributed by atoms with E-state index in [1.165, 1.54) is 12.5 Å². The fourth-order valence-electron chi connectivity index (χ4n) is 2.87. The second-order valence-corrected chi connectivity index (χ2v) is 5.29. The van der Waals surface area contributed by atoms with Crippen LogP contribution in [0.2, 0.25) is 0 Å². The SMILES string of the molecule is CC(C)=CC(=O)OCC1C(O)CN2CCCC12. The first-order valence-corrected chi connectivity index (χ1v) is 6.31. The van der Waals surface area contributed by atoms with Crippen LogP contribution in [0.15, 0.2) is 11.6 Å². The third-order valence-electron chi connectivity index (χ3n) is 3.65. The third-order valence-corrected chi connectivity index (χ3v) is 3.65. The van der Waals surface area contributed by atoms with Crippen LogP contribution in [0, 0.1) is 5.92 Å². The van der Waals surface area contributed by atoms with Gasteiger partial charge in [0.25, 0.3) is 0 Å². The second kappa shape index (κ2) is 5.19. The maximum atomic E-state index is 11.4. The number of nitrogens with zero attached hydrogens (tertiary/aromatic N) is 1. The van der Waals surface area contributed by atoms with Gasteiger partial charge < -0.3 is 9.84 Å². The zero-order chi connectivity index (χ0) is 12.4. The van der Waals surface area contributed by atoms with E-state index >= 15 is 0 Å². The summed E-state index contributed by atoms with van der Waals surface area (Å²) >= 11 is 0. The molecule has 2 aliphatic heterocycles. The molecule has 0 spiro atoms. The van der Waals surface area contributed by atoms with Crippen LogP contribution in [-0.2, 0) is 9.53 Å². The lowest BCUT2D eigenvalue weighted by molar-refractivity contribution is -0.140. The Hall–Kier alpha value is -0.870. The van der Waals surface area contributed by atoms with Crippen molar-refractivity contribution in [1.82, 2.24) is 4.90 Å². The average Bonchev–Trinajstić information content (AvgIpc) is 2.74. The van der Waals surface area contributed by atoms with Gasteiger partial charge in [-0.3, -0.25) is 4.90 Å². The maximum Gasteiger partial charge on any atom is 0.330 e. The van der Waals surface area contributed by atoms with Crippen molar-refractivity contribution in [3.63, 3.8) is 0 Å². The second-order valence-electron chi connectivity index (χ2n) is 5.29. The number of aliphatic hydroxyl groups excluding tert-OH is 1. The van der Waals surface area contributed by atoms with E-state index in [9.17, 15) is 9.90 Å². The van der Waals surface area contributed by atoms with Crippen molar-refractivity contribution >= 4 is 5.97 Å². The van der Waals surface area contributed by atoms with E-state index in [4.69, 9.17) is 4.74 Å². The molecule has 17 heavy (non-hydrogen) atoms. The lowest BCUT2D eigenvalue weighted by atomic mass is 9.97. The number of esters is 1. The molecule has 0 bridgehead atoms. The summed E-state index contributed by atoms with van der Waals surface area (Å²) in [6.45, 7) is 5.87. The fraction of sp³-hybridized carbons (Fsp3) is 0.769. The van der Waals surface area contributed by atoms with Crippen LogP contribution in [0.1, 0.15) is 26.7 Å². The Labute approximate surface area is 102 Å². The van der Waals surface area contributed by atoms with Crippen LogP contribution in [-0.4, -0.2) is 47.8 Å². The highest BCUT2D eigenvalue weighted by Gasteiger charge is 2.43. The number of ether oxygens (including phenoxy) is 1. The molecule has 2 aliphatic rings.